The molecular formula is C17H17NO2. The highest BCUT2D eigenvalue weighted by Crippen LogP contribution is 2.31. The van der Waals surface area contributed by atoms with Gasteiger partial charge in [0, 0.05) is 17.2 Å². The van der Waals surface area contributed by atoms with Crippen molar-refractivity contribution in [2.24, 2.45) is 0 Å². The number of aliphatic carboxylic acids is 1. The van der Waals surface area contributed by atoms with Crippen molar-refractivity contribution in [1.82, 2.24) is 4.98 Å². The Morgan fingerprint density at radius 2 is 2.10 bits per heavy atom. The van der Waals surface area contributed by atoms with E-state index >= 15 is 0 Å². The minimum Gasteiger partial charge on any atom is -0.478 e. The van der Waals surface area contributed by atoms with Gasteiger partial charge in [0.05, 0.1) is 5.52 Å². The van der Waals surface area contributed by atoms with Gasteiger partial charge in [-0.2, -0.15) is 0 Å². The van der Waals surface area contributed by atoms with E-state index in [9.17, 15) is 4.79 Å². The van der Waals surface area contributed by atoms with E-state index in [1.807, 2.05) is 12.1 Å². The van der Waals surface area contributed by atoms with Gasteiger partial charge in [-0.15, -0.1) is 0 Å². The second kappa shape index (κ2) is 5.08. The highest BCUT2D eigenvalue weighted by atomic mass is 16.4. The van der Waals surface area contributed by atoms with Gasteiger partial charge in [-0.25, -0.2) is 4.79 Å². The molecule has 0 spiro atoms. The van der Waals surface area contributed by atoms with Crippen LogP contribution in [0.3, 0.4) is 0 Å². The molecule has 2 aromatic rings. The monoisotopic (exact) mass is 267 g/mol. The Morgan fingerprint density at radius 1 is 1.30 bits per heavy atom. The maximum Gasteiger partial charge on any atom is 0.328 e. The minimum atomic E-state index is -0.910. The van der Waals surface area contributed by atoms with Crippen LogP contribution in [-0.4, -0.2) is 16.1 Å². The van der Waals surface area contributed by atoms with Crippen LogP contribution in [0.2, 0.25) is 0 Å². The molecule has 20 heavy (non-hydrogen) atoms. The summed E-state index contributed by atoms with van der Waals surface area (Å²) in [5, 5.41) is 9.96. The molecule has 0 bridgehead atoms. The van der Waals surface area contributed by atoms with E-state index in [0.29, 0.717) is 0 Å². The molecule has 102 valence electrons. The molecule has 3 heteroatoms. The van der Waals surface area contributed by atoms with Crippen LogP contribution in [-0.2, 0) is 17.6 Å². The summed E-state index contributed by atoms with van der Waals surface area (Å²) < 4.78 is 0. The predicted molar refractivity (Wildman–Crippen MR) is 79.8 cm³/mol. The molecule has 1 N–H and O–H groups in total. The number of para-hydroxylation sites is 1. The molecule has 0 aliphatic heterocycles. The first-order valence-electron chi connectivity index (χ1n) is 6.99. The standard InChI is InChI=1S/C17H17NO2/c1-11-5-4-7-14-12(9-10-16(19)20)13-6-2-3-8-15(13)18-17(11)14/h4-5,7,9-10H,2-3,6,8H2,1H3,(H,19,20)/b10-9+. The van der Waals surface area contributed by atoms with E-state index in [2.05, 4.69) is 13.0 Å². The van der Waals surface area contributed by atoms with E-state index in [0.717, 1.165) is 47.0 Å². The van der Waals surface area contributed by atoms with Gasteiger partial charge in [0.2, 0.25) is 0 Å². The number of rotatable bonds is 2. The first-order chi connectivity index (χ1) is 9.66. The zero-order valence-corrected chi connectivity index (χ0v) is 11.5. The molecule has 0 amide bonds. The summed E-state index contributed by atoms with van der Waals surface area (Å²) in [6, 6.07) is 6.09. The summed E-state index contributed by atoms with van der Waals surface area (Å²) in [4.78, 5) is 15.7. The van der Waals surface area contributed by atoms with Crippen molar-refractivity contribution in [3.8, 4) is 0 Å². The molecule has 3 nitrogen and oxygen atoms in total. The van der Waals surface area contributed by atoms with Crippen LogP contribution < -0.4 is 0 Å². The van der Waals surface area contributed by atoms with Gasteiger partial charge in [-0.3, -0.25) is 4.98 Å². The molecule has 1 aromatic carbocycles. The largest absolute Gasteiger partial charge is 0.478 e. The Morgan fingerprint density at radius 3 is 2.90 bits per heavy atom. The van der Waals surface area contributed by atoms with Gasteiger partial charge < -0.3 is 5.11 Å². The molecule has 0 saturated heterocycles. The molecule has 0 saturated carbocycles. The number of aromatic nitrogens is 1. The third-order valence-corrected chi connectivity index (χ3v) is 3.93. The van der Waals surface area contributed by atoms with Gasteiger partial charge >= 0.3 is 5.97 Å². The van der Waals surface area contributed by atoms with Gasteiger partial charge in [-0.05, 0) is 55.4 Å². The van der Waals surface area contributed by atoms with Crippen molar-refractivity contribution >= 4 is 22.9 Å². The third-order valence-electron chi connectivity index (χ3n) is 3.93. The van der Waals surface area contributed by atoms with Crippen LogP contribution in [0.4, 0.5) is 0 Å². The Labute approximate surface area is 118 Å². The van der Waals surface area contributed by atoms with Crippen LogP contribution in [0.15, 0.2) is 24.3 Å². The lowest BCUT2D eigenvalue weighted by Gasteiger charge is -2.19. The number of hydrogen-bond acceptors (Lipinski definition) is 2. The molecule has 0 fully saturated rings. The second-order valence-corrected chi connectivity index (χ2v) is 5.30. The SMILES string of the molecule is Cc1cccc2c(/C=C/C(=O)O)c3c(nc12)CCCC3. The summed E-state index contributed by atoms with van der Waals surface area (Å²) in [6.45, 7) is 2.05. The normalized spacial score (nSPS) is 14.7. The van der Waals surface area contributed by atoms with E-state index < -0.39 is 5.97 Å². The van der Waals surface area contributed by atoms with E-state index in [4.69, 9.17) is 10.1 Å². The molecule has 0 atom stereocenters. The summed E-state index contributed by atoms with van der Waals surface area (Å²) in [7, 11) is 0. The number of nitrogens with zero attached hydrogens (tertiary/aromatic N) is 1. The summed E-state index contributed by atoms with van der Waals surface area (Å²) in [5.41, 5.74) is 5.55. The zero-order chi connectivity index (χ0) is 14.1. The maximum atomic E-state index is 10.8. The number of hydrogen-bond donors (Lipinski definition) is 1. The van der Waals surface area contributed by atoms with E-state index in [1.54, 1.807) is 6.08 Å². The lowest BCUT2D eigenvalue weighted by atomic mass is 9.89. The molecule has 1 aromatic heterocycles. The van der Waals surface area contributed by atoms with Crippen molar-refractivity contribution < 1.29 is 9.90 Å². The van der Waals surface area contributed by atoms with Crippen molar-refractivity contribution in [2.75, 3.05) is 0 Å². The van der Waals surface area contributed by atoms with E-state index in [1.165, 1.54) is 18.1 Å². The van der Waals surface area contributed by atoms with Crippen LogP contribution in [0.1, 0.15) is 35.2 Å². The summed E-state index contributed by atoms with van der Waals surface area (Å²) >= 11 is 0. The topological polar surface area (TPSA) is 50.2 Å². The fourth-order valence-corrected chi connectivity index (χ4v) is 2.97. The molecular weight excluding hydrogens is 250 g/mol. The van der Waals surface area contributed by atoms with Gasteiger partial charge in [0.25, 0.3) is 0 Å². The Bertz CT molecular complexity index is 716. The molecule has 1 aliphatic carbocycles. The van der Waals surface area contributed by atoms with Gasteiger partial charge in [0.1, 0.15) is 0 Å². The zero-order valence-electron chi connectivity index (χ0n) is 11.5. The minimum absolute atomic E-state index is 0.910. The first-order valence-corrected chi connectivity index (χ1v) is 6.99. The van der Waals surface area contributed by atoms with Gasteiger partial charge in [-0.1, -0.05) is 18.2 Å². The highest BCUT2D eigenvalue weighted by molar-refractivity contribution is 5.95. The number of fused-ring (bicyclic) bond motifs is 2. The lowest BCUT2D eigenvalue weighted by molar-refractivity contribution is -0.131. The Hall–Kier alpha value is -2.16. The quantitative estimate of drug-likeness (QED) is 0.847. The number of aryl methyl sites for hydroxylation is 2. The second-order valence-electron chi connectivity index (χ2n) is 5.30. The summed E-state index contributed by atoms with van der Waals surface area (Å²) in [5.74, 6) is -0.910. The molecule has 1 heterocycles. The number of benzene rings is 1. The summed E-state index contributed by atoms with van der Waals surface area (Å²) in [6.07, 6.45) is 7.26. The van der Waals surface area contributed by atoms with Crippen LogP contribution in [0, 0.1) is 6.92 Å². The van der Waals surface area contributed by atoms with Crippen molar-refractivity contribution in [1.29, 1.82) is 0 Å². The first kappa shape index (κ1) is 12.9. The smallest absolute Gasteiger partial charge is 0.328 e. The average Bonchev–Trinajstić information content (AvgIpc) is 2.44. The Balaban J connectivity index is 2.32. The molecule has 1 aliphatic rings. The van der Waals surface area contributed by atoms with Crippen LogP contribution in [0.25, 0.3) is 17.0 Å². The van der Waals surface area contributed by atoms with Crippen molar-refractivity contribution in [3.63, 3.8) is 0 Å². The molecule has 0 unspecified atom stereocenters. The number of carboxylic acids is 1. The van der Waals surface area contributed by atoms with Gasteiger partial charge in [0.15, 0.2) is 0 Å². The lowest BCUT2D eigenvalue weighted by Crippen LogP contribution is -2.08. The average molecular weight is 267 g/mol. The molecule has 3 rings (SSSR count). The predicted octanol–water partition coefficient (Wildman–Crippen LogP) is 3.52. The number of carboxylic acid groups (broad SMARTS) is 1. The van der Waals surface area contributed by atoms with Crippen LogP contribution in [0.5, 0.6) is 0 Å². The Kier molecular flexibility index (Phi) is 3.26. The fraction of sp³-hybridized carbons (Fsp3) is 0.294. The fourth-order valence-electron chi connectivity index (χ4n) is 2.97. The van der Waals surface area contributed by atoms with Crippen LogP contribution >= 0.6 is 0 Å². The maximum absolute atomic E-state index is 10.8. The van der Waals surface area contributed by atoms with Crippen molar-refractivity contribution in [2.45, 2.75) is 32.6 Å². The number of pyridine rings is 1. The third kappa shape index (κ3) is 2.20. The van der Waals surface area contributed by atoms with Crippen molar-refractivity contribution in [3.05, 3.63) is 46.7 Å². The molecule has 0 radical (unpaired) electrons. The highest BCUT2D eigenvalue weighted by Gasteiger charge is 2.17. The number of carbonyl (C=O) groups is 1. The van der Waals surface area contributed by atoms with E-state index in [-0.39, 0.29) is 0 Å².